The molecule has 0 bridgehead atoms. The molecule has 2 fully saturated rings. The first-order chi connectivity index (χ1) is 10.6. The van der Waals surface area contributed by atoms with Gasteiger partial charge in [0.05, 0.1) is 24.5 Å². The summed E-state index contributed by atoms with van der Waals surface area (Å²) < 4.78 is 4.87. The monoisotopic (exact) mass is 307 g/mol. The van der Waals surface area contributed by atoms with Gasteiger partial charge in [-0.05, 0) is 12.8 Å². The fourth-order valence-corrected chi connectivity index (χ4v) is 3.34. The molecule has 7 heteroatoms. The standard InChI is InChI=1S/C15H21N3O4/c1-22-7-6-16-15(21)17-8-10(9-17)18-13(19)11-4-2-3-5-12(11)14(18)20/h2-3,10-12H,4-9H2,1H3,(H,16,21). The number of methoxy groups -OCH3 is 1. The van der Waals surface area contributed by atoms with Gasteiger partial charge in [-0.25, -0.2) is 4.79 Å². The summed E-state index contributed by atoms with van der Waals surface area (Å²) >= 11 is 0. The van der Waals surface area contributed by atoms with E-state index in [1.807, 2.05) is 12.2 Å². The van der Waals surface area contributed by atoms with E-state index in [2.05, 4.69) is 5.32 Å². The van der Waals surface area contributed by atoms with Crippen molar-refractivity contribution in [1.82, 2.24) is 15.1 Å². The summed E-state index contributed by atoms with van der Waals surface area (Å²) in [6.07, 6.45) is 5.26. The predicted molar refractivity (Wildman–Crippen MR) is 77.8 cm³/mol. The highest BCUT2D eigenvalue weighted by atomic mass is 16.5. The van der Waals surface area contributed by atoms with E-state index >= 15 is 0 Å². The van der Waals surface area contributed by atoms with Crippen LogP contribution in [0.3, 0.4) is 0 Å². The van der Waals surface area contributed by atoms with Crippen LogP contribution in [0.1, 0.15) is 12.8 Å². The highest BCUT2D eigenvalue weighted by Crippen LogP contribution is 2.37. The number of urea groups is 1. The molecule has 4 amide bonds. The lowest BCUT2D eigenvalue weighted by Gasteiger charge is -2.43. The van der Waals surface area contributed by atoms with Crippen LogP contribution in [-0.2, 0) is 14.3 Å². The molecule has 7 nitrogen and oxygen atoms in total. The Morgan fingerprint density at radius 2 is 1.82 bits per heavy atom. The van der Waals surface area contributed by atoms with Gasteiger partial charge in [0.2, 0.25) is 11.8 Å². The number of fused-ring (bicyclic) bond motifs is 1. The zero-order valence-corrected chi connectivity index (χ0v) is 12.7. The minimum atomic E-state index is -0.193. The minimum Gasteiger partial charge on any atom is -0.383 e. The Bertz CT molecular complexity index is 487. The van der Waals surface area contributed by atoms with E-state index in [9.17, 15) is 14.4 Å². The van der Waals surface area contributed by atoms with Gasteiger partial charge in [-0.3, -0.25) is 14.5 Å². The van der Waals surface area contributed by atoms with Crippen molar-refractivity contribution in [2.24, 2.45) is 11.8 Å². The molecule has 0 aromatic rings. The van der Waals surface area contributed by atoms with E-state index in [4.69, 9.17) is 4.74 Å². The van der Waals surface area contributed by atoms with Gasteiger partial charge in [0, 0.05) is 26.7 Å². The van der Waals surface area contributed by atoms with E-state index in [0.29, 0.717) is 39.1 Å². The van der Waals surface area contributed by atoms with Gasteiger partial charge in [-0.2, -0.15) is 0 Å². The number of amides is 4. The number of imide groups is 1. The second-order valence-corrected chi connectivity index (χ2v) is 5.99. The molecule has 1 N–H and O–H groups in total. The van der Waals surface area contributed by atoms with Crippen LogP contribution >= 0.6 is 0 Å². The van der Waals surface area contributed by atoms with E-state index in [0.717, 1.165) is 0 Å². The summed E-state index contributed by atoms with van der Waals surface area (Å²) in [5, 5.41) is 2.73. The highest BCUT2D eigenvalue weighted by Gasteiger charge is 2.52. The molecule has 3 aliphatic rings. The van der Waals surface area contributed by atoms with Crippen molar-refractivity contribution in [3.05, 3.63) is 12.2 Å². The van der Waals surface area contributed by atoms with Crippen LogP contribution in [0.25, 0.3) is 0 Å². The average Bonchev–Trinajstić information content (AvgIpc) is 2.72. The van der Waals surface area contributed by atoms with Crippen LogP contribution < -0.4 is 5.32 Å². The van der Waals surface area contributed by atoms with E-state index < -0.39 is 0 Å². The predicted octanol–water partition coefficient (Wildman–Crippen LogP) is -0.0222. The lowest BCUT2D eigenvalue weighted by Crippen LogP contribution is -2.64. The van der Waals surface area contributed by atoms with Gasteiger partial charge in [0.1, 0.15) is 0 Å². The molecule has 0 spiro atoms. The highest BCUT2D eigenvalue weighted by molar-refractivity contribution is 6.06. The third kappa shape index (κ3) is 2.49. The summed E-state index contributed by atoms with van der Waals surface area (Å²) in [4.78, 5) is 39.7. The Hall–Kier alpha value is -1.89. The van der Waals surface area contributed by atoms with Gasteiger partial charge in [-0.15, -0.1) is 0 Å². The van der Waals surface area contributed by atoms with Crippen LogP contribution in [0, 0.1) is 11.8 Å². The number of nitrogens with zero attached hydrogens (tertiary/aromatic N) is 2. The number of hydrogen-bond acceptors (Lipinski definition) is 4. The largest absolute Gasteiger partial charge is 0.383 e. The zero-order chi connectivity index (χ0) is 15.7. The number of hydrogen-bond donors (Lipinski definition) is 1. The van der Waals surface area contributed by atoms with Crippen molar-refractivity contribution in [2.45, 2.75) is 18.9 Å². The van der Waals surface area contributed by atoms with Gasteiger partial charge < -0.3 is 15.0 Å². The van der Waals surface area contributed by atoms with Gasteiger partial charge >= 0.3 is 6.03 Å². The maximum atomic E-state index is 12.4. The molecule has 2 heterocycles. The normalized spacial score (nSPS) is 27.9. The van der Waals surface area contributed by atoms with Crippen molar-refractivity contribution in [3.8, 4) is 0 Å². The maximum Gasteiger partial charge on any atom is 0.317 e. The van der Waals surface area contributed by atoms with Crippen molar-refractivity contribution < 1.29 is 19.1 Å². The van der Waals surface area contributed by atoms with Gasteiger partial charge in [-0.1, -0.05) is 12.2 Å². The minimum absolute atomic E-state index is 0.0659. The topological polar surface area (TPSA) is 79.0 Å². The molecule has 2 unspecified atom stereocenters. The van der Waals surface area contributed by atoms with E-state index in [1.54, 1.807) is 12.0 Å². The van der Waals surface area contributed by atoms with Crippen molar-refractivity contribution >= 4 is 17.8 Å². The number of likely N-dealkylation sites (tertiary alicyclic amines) is 2. The third-order valence-corrected chi connectivity index (χ3v) is 4.64. The Morgan fingerprint density at radius 3 is 2.36 bits per heavy atom. The number of rotatable bonds is 4. The molecule has 1 aliphatic carbocycles. The van der Waals surface area contributed by atoms with Crippen LogP contribution in [0.2, 0.25) is 0 Å². The van der Waals surface area contributed by atoms with Crippen molar-refractivity contribution in [1.29, 1.82) is 0 Å². The first kappa shape index (κ1) is 15.0. The SMILES string of the molecule is COCCNC(=O)N1CC(N2C(=O)C3CC=CCC3C2=O)C1. The molecule has 2 aliphatic heterocycles. The lowest BCUT2D eigenvalue weighted by atomic mass is 9.85. The fraction of sp³-hybridized carbons (Fsp3) is 0.667. The first-order valence-electron chi connectivity index (χ1n) is 7.67. The Morgan fingerprint density at radius 1 is 1.23 bits per heavy atom. The van der Waals surface area contributed by atoms with Crippen molar-refractivity contribution in [2.75, 3.05) is 33.4 Å². The molecule has 0 radical (unpaired) electrons. The summed E-state index contributed by atoms with van der Waals surface area (Å²) in [5.74, 6) is -0.517. The number of carbonyl (C=O) groups is 3. The van der Waals surface area contributed by atoms with E-state index in [-0.39, 0.29) is 35.7 Å². The fourth-order valence-electron chi connectivity index (χ4n) is 3.34. The van der Waals surface area contributed by atoms with Gasteiger partial charge in [0.25, 0.3) is 0 Å². The summed E-state index contributed by atoms with van der Waals surface area (Å²) in [5.41, 5.74) is 0. The van der Waals surface area contributed by atoms with Crippen LogP contribution in [0.15, 0.2) is 12.2 Å². The molecule has 22 heavy (non-hydrogen) atoms. The number of nitrogens with one attached hydrogen (secondary N) is 1. The Kier molecular flexibility index (Phi) is 4.15. The zero-order valence-electron chi connectivity index (χ0n) is 12.7. The molecule has 2 saturated heterocycles. The quantitative estimate of drug-likeness (QED) is 0.450. The molecule has 0 aromatic heterocycles. The van der Waals surface area contributed by atoms with Crippen molar-refractivity contribution in [3.63, 3.8) is 0 Å². The molecular weight excluding hydrogens is 286 g/mol. The first-order valence-corrected chi connectivity index (χ1v) is 7.67. The van der Waals surface area contributed by atoms with Crippen LogP contribution in [-0.4, -0.2) is 67.0 Å². The number of ether oxygens (including phenoxy) is 1. The lowest BCUT2D eigenvalue weighted by molar-refractivity contribution is -0.145. The second-order valence-electron chi connectivity index (χ2n) is 5.99. The Balaban J connectivity index is 1.53. The molecule has 0 saturated carbocycles. The maximum absolute atomic E-state index is 12.4. The van der Waals surface area contributed by atoms with Crippen LogP contribution in [0.5, 0.6) is 0 Å². The molecular formula is C15H21N3O4. The molecule has 3 rings (SSSR count). The third-order valence-electron chi connectivity index (χ3n) is 4.64. The summed E-state index contributed by atoms with van der Waals surface area (Å²) in [6.45, 7) is 1.75. The number of allylic oxidation sites excluding steroid dienone is 2. The molecule has 120 valence electrons. The van der Waals surface area contributed by atoms with Crippen LogP contribution in [0.4, 0.5) is 4.79 Å². The molecule has 0 aromatic carbocycles. The average molecular weight is 307 g/mol. The van der Waals surface area contributed by atoms with E-state index in [1.165, 1.54) is 4.90 Å². The second kappa shape index (κ2) is 6.08. The Labute approximate surface area is 129 Å². The summed E-state index contributed by atoms with van der Waals surface area (Å²) in [6, 6.07) is -0.342. The summed E-state index contributed by atoms with van der Waals surface area (Å²) in [7, 11) is 1.57. The van der Waals surface area contributed by atoms with Gasteiger partial charge in [0.15, 0.2) is 0 Å². The number of carbonyl (C=O) groups excluding carboxylic acids is 3. The smallest absolute Gasteiger partial charge is 0.317 e. The molecule has 2 atom stereocenters.